The van der Waals surface area contributed by atoms with Gasteiger partial charge in [0.05, 0.1) is 6.42 Å². The molecule has 26 heavy (non-hydrogen) atoms. The summed E-state index contributed by atoms with van der Waals surface area (Å²) < 4.78 is 0. The molecule has 0 fully saturated rings. The van der Waals surface area contributed by atoms with Gasteiger partial charge < -0.3 is 16.0 Å². The molecule has 0 heterocycles. The van der Waals surface area contributed by atoms with Crippen LogP contribution in [0.1, 0.15) is 32.3 Å². The molecule has 2 aromatic carbocycles. The highest BCUT2D eigenvalue weighted by atomic mass is 16.2. The Kier molecular flexibility index (Phi) is 6.91. The largest absolute Gasteiger partial charge is 0.326 e. The molecule has 3 N–H and O–H groups in total. The van der Waals surface area contributed by atoms with Gasteiger partial charge in [-0.25, -0.2) is 0 Å². The molecule has 3 amide bonds. The Labute approximate surface area is 153 Å². The number of nitrogens with one attached hydrogen (secondary N) is 3. The minimum Gasteiger partial charge on any atom is -0.326 e. The molecule has 2 aromatic rings. The quantitative estimate of drug-likeness (QED) is 0.711. The molecule has 2 rings (SSSR count). The molecule has 0 aliphatic rings. The average molecular weight is 353 g/mol. The predicted octanol–water partition coefficient (Wildman–Crippen LogP) is 3.56. The lowest BCUT2D eigenvalue weighted by Crippen LogP contribution is -2.15. The van der Waals surface area contributed by atoms with E-state index >= 15 is 0 Å². The lowest BCUT2D eigenvalue weighted by atomic mass is 10.1. The van der Waals surface area contributed by atoms with Crippen molar-refractivity contribution in [3.63, 3.8) is 0 Å². The summed E-state index contributed by atoms with van der Waals surface area (Å²) in [6.45, 7) is 3.39. The number of benzene rings is 2. The van der Waals surface area contributed by atoms with Crippen LogP contribution >= 0.6 is 0 Å². The number of anilines is 3. The van der Waals surface area contributed by atoms with Gasteiger partial charge in [-0.3, -0.25) is 14.4 Å². The van der Waals surface area contributed by atoms with Crippen molar-refractivity contribution >= 4 is 34.8 Å². The summed E-state index contributed by atoms with van der Waals surface area (Å²) in [6.07, 6.45) is 1.46. The average Bonchev–Trinajstić information content (AvgIpc) is 2.56. The summed E-state index contributed by atoms with van der Waals surface area (Å²) in [6, 6.07) is 14.2. The van der Waals surface area contributed by atoms with Crippen LogP contribution in [0.2, 0.25) is 0 Å². The maximum atomic E-state index is 12.2. The maximum Gasteiger partial charge on any atom is 0.228 e. The molecule has 0 radical (unpaired) electrons. The molecule has 0 aliphatic heterocycles. The summed E-state index contributed by atoms with van der Waals surface area (Å²) in [5.41, 5.74) is 2.81. The van der Waals surface area contributed by atoms with Crippen molar-refractivity contribution in [2.45, 2.75) is 33.1 Å². The second-order valence-electron chi connectivity index (χ2n) is 5.98. The fraction of sp³-hybridized carbons (Fsp3) is 0.250. The number of rotatable bonds is 7. The summed E-state index contributed by atoms with van der Waals surface area (Å²) >= 11 is 0. The van der Waals surface area contributed by atoms with Crippen molar-refractivity contribution in [2.75, 3.05) is 16.0 Å². The van der Waals surface area contributed by atoms with Crippen LogP contribution in [0.3, 0.4) is 0 Å². The number of amides is 3. The van der Waals surface area contributed by atoms with E-state index in [4.69, 9.17) is 0 Å². The molecule has 0 aliphatic carbocycles. The fourth-order valence-corrected chi connectivity index (χ4v) is 2.43. The van der Waals surface area contributed by atoms with E-state index in [1.165, 1.54) is 6.92 Å². The minimum absolute atomic E-state index is 0.0461. The molecule has 6 heteroatoms. The van der Waals surface area contributed by atoms with Gasteiger partial charge in [-0.05, 0) is 42.3 Å². The van der Waals surface area contributed by atoms with Gasteiger partial charge in [0.25, 0.3) is 0 Å². The van der Waals surface area contributed by atoms with E-state index in [1.807, 2.05) is 6.92 Å². The van der Waals surface area contributed by atoms with Gasteiger partial charge in [0.1, 0.15) is 0 Å². The van der Waals surface area contributed by atoms with Crippen LogP contribution in [-0.2, 0) is 20.8 Å². The third kappa shape index (κ3) is 6.39. The van der Waals surface area contributed by atoms with E-state index in [-0.39, 0.29) is 24.1 Å². The maximum absolute atomic E-state index is 12.2. The van der Waals surface area contributed by atoms with Gasteiger partial charge >= 0.3 is 0 Å². The number of hydrogen-bond acceptors (Lipinski definition) is 3. The fourth-order valence-electron chi connectivity index (χ4n) is 2.43. The molecule has 0 unspecified atom stereocenters. The standard InChI is InChI=1S/C20H23N3O3/c1-3-5-19(25)22-17-6-4-7-18(13-17)23-20(26)12-15-8-10-16(11-9-15)21-14(2)24/h4,6-11,13H,3,5,12H2,1-2H3,(H,21,24)(H,22,25)(H,23,26). The highest BCUT2D eigenvalue weighted by Gasteiger charge is 2.06. The zero-order valence-electron chi connectivity index (χ0n) is 15.0. The summed E-state index contributed by atoms with van der Waals surface area (Å²) in [5, 5.41) is 8.31. The van der Waals surface area contributed by atoms with Crippen LogP contribution in [0.15, 0.2) is 48.5 Å². The number of carbonyl (C=O) groups is 3. The van der Waals surface area contributed by atoms with E-state index in [0.717, 1.165) is 12.0 Å². The molecule has 0 aromatic heterocycles. The van der Waals surface area contributed by atoms with Crippen LogP contribution in [0.25, 0.3) is 0 Å². The zero-order chi connectivity index (χ0) is 18.9. The first-order valence-electron chi connectivity index (χ1n) is 8.52. The van der Waals surface area contributed by atoms with Gasteiger partial charge in [0, 0.05) is 30.4 Å². The summed E-state index contributed by atoms with van der Waals surface area (Å²) in [4.78, 5) is 34.9. The Morgan fingerprint density at radius 2 is 1.42 bits per heavy atom. The number of carbonyl (C=O) groups excluding carboxylic acids is 3. The Morgan fingerprint density at radius 3 is 2.00 bits per heavy atom. The van der Waals surface area contributed by atoms with Crippen LogP contribution in [-0.4, -0.2) is 17.7 Å². The third-order valence-corrected chi connectivity index (χ3v) is 3.55. The molecule has 0 atom stereocenters. The monoisotopic (exact) mass is 353 g/mol. The lowest BCUT2D eigenvalue weighted by molar-refractivity contribution is -0.116. The van der Waals surface area contributed by atoms with Crippen molar-refractivity contribution in [3.8, 4) is 0 Å². The van der Waals surface area contributed by atoms with Crippen LogP contribution in [0.5, 0.6) is 0 Å². The molecule has 0 saturated heterocycles. The van der Waals surface area contributed by atoms with Crippen molar-refractivity contribution in [3.05, 3.63) is 54.1 Å². The van der Waals surface area contributed by atoms with Crippen molar-refractivity contribution < 1.29 is 14.4 Å². The molecule has 136 valence electrons. The molecular weight excluding hydrogens is 330 g/mol. The first-order chi connectivity index (χ1) is 12.5. The first kappa shape index (κ1) is 19.2. The summed E-state index contributed by atoms with van der Waals surface area (Å²) in [7, 11) is 0. The van der Waals surface area contributed by atoms with Crippen molar-refractivity contribution in [1.29, 1.82) is 0 Å². The third-order valence-electron chi connectivity index (χ3n) is 3.55. The molecule has 0 spiro atoms. The van der Waals surface area contributed by atoms with Crippen LogP contribution in [0, 0.1) is 0 Å². The lowest BCUT2D eigenvalue weighted by Gasteiger charge is -2.09. The molecular formula is C20H23N3O3. The minimum atomic E-state index is -0.158. The Hall–Kier alpha value is -3.15. The van der Waals surface area contributed by atoms with Gasteiger partial charge in [-0.1, -0.05) is 25.1 Å². The Morgan fingerprint density at radius 1 is 0.808 bits per heavy atom. The smallest absolute Gasteiger partial charge is 0.228 e. The van der Waals surface area contributed by atoms with Gasteiger partial charge in [-0.15, -0.1) is 0 Å². The van der Waals surface area contributed by atoms with Gasteiger partial charge in [0.15, 0.2) is 0 Å². The van der Waals surface area contributed by atoms with Gasteiger partial charge in [0.2, 0.25) is 17.7 Å². The highest BCUT2D eigenvalue weighted by molar-refractivity contribution is 5.95. The second kappa shape index (κ2) is 9.36. The SMILES string of the molecule is CCCC(=O)Nc1cccc(NC(=O)Cc2ccc(NC(C)=O)cc2)c1. The molecule has 0 bridgehead atoms. The van der Waals surface area contributed by atoms with Crippen molar-refractivity contribution in [1.82, 2.24) is 0 Å². The van der Waals surface area contributed by atoms with E-state index in [2.05, 4.69) is 16.0 Å². The van der Waals surface area contributed by atoms with Gasteiger partial charge in [-0.2, -0.15) is 0 Å². The number of hydrogen-bond donors (Lipinski definition) is 3. The Balaban J connectivity index is 1.93. The normalized spacial score (nSPS) is 10.1. The predicted molar refractivity (Wildman–Crippen MR) is 103 cm³/mol. The zero-order valence-corrected chi connectivity index (χ0v) is 15.0. The van der Waals surface area contributed by atoms with Crippen LogP contribution in [0.4, 0.5) is 17.1 Å². The van der Waals surface area contributed by atoms with E-state index in [9.17, 15) is 14.4 Å². The van der Waals surface area contributed by atoms with Crippen molar-refractivity contribution in [2.24, 2.45) is 0 Å². The van der Waals surface area contributed by atoms with E-state index in [0.29, 0.717) is 23.5 Å². The second-order valence-corrected chi connectivity index (χ2v) is 5.98. The molecule has 6 nitrogen and oxygen atoms in total. The van der Waals surface area contributed by atoms with E-state index in [1.54, 1.807) is 48.5 Å². The first-order valence-corrected chi connectivity index (χ1v) is 8.52. The summed E-state index contributed by atoms with van der Waals surface area (Å²) in [5.74, 6) is -0.342. The highest BCUT2D eigenvalue weighted by Crippen LogP contribution is 2.16. The topological polar surface area (TPSA) is 87.3 Å². The molecule has 0 saturated carbocycles. The Bertz CT molecular complexity index is 785. The van der Waals surface area contributed by atoms with Crippen LogP contribution < -0.4 is 16.0 Å². The van der Waals surface area contributed by atoms with E-state index < -0.39 is 0 Å².